The maximum absolute atomic E-state index is 13.6. The van der Waals surface area contributed by atoms with Crippen LogP contribution >= 0.6 is 11.6 Å². The molecule has 0 atom stereocenters. The molecule has 2 heterocycles. The molecule has 0 radical (unpaired) electrons. The number of hydrogen-bond acceptors (Lipinski definition) is 8. The lowest BCUT2D eigenvalue weighted by molar-refractivity contribution is 0.0514. The van der Waals surface area contributed by atoms with E-state index in [1.807, 2.05) is 20.8 Å². The summed E-state index contributed by atoms with van der Waals surface area (Å²) in [6.45, 7) is 7.44. The summed E-state index contributed by atoms with van der Waals surface area (Å²) in [5, 5.41) is 4.22. The van der Waals surface area contributed by atoms with Crippen molar-refractivity contribution in [1.82, 2.24) is 19.3 Å². The molecule has 4 rings (SSSR count). The van der Waals surface area contributed by atoms with Gasteiger partial charge >= 0.3 is 17.3 Å². The van der Waals surface area contributed by atoms with E-state index in [1.54, 1.807) is 49.4 Å². The highest BCUT2D eigenvalue weighted by atomic mass is 35.5. The Morgan fingerprint density at radius 3 is 2.51 bits per heavy atom. The van der Waals surface area contributed by atoms with Crippen molar-refractivity contribution in [2.45, 2.75) is 46.9 Å². The zero-order chi connectivity index (χ0) is 28.1. The number of halogens is 1. The third-order valence-electron chi connectivity index (χ3n) is 5.55. The SMILES string of the molecule is CCOC(=O)c1cc(Cn2c(=O)[nH]/c(=N\c3ccc(OC(C)C)c(C)c3)n(Cc3ccc(Cl)cc3)c2=O)on1. The second-order valence-electron chi connectivity index (χ2n) is 8.96. The molecular weight excluding hydrogens is 526 g/mol. The molecule has 12 heteroatoms. The van der Waals surface area contributed by atoms with E-state index in [1.165, 1.54) is 10.6 Å². The van der Waals surface area contributed by atoms with Crippen molar-refractivity contribution in [3.63, 3.8) is 0 Å². The average molecular weight is 554 g/mol. The first-order valence-corrected chi connectivity index (χ1v) is 12.7. The molecule has 204 valence electrons. The summed E-state index contributed by atoms with van der Waals surface area (Å²) in [5.74, 6) is 0.182. The minimum atomic E-state index is -0.711. The molecule has 0 aliphatic rings. The van der Waals surface area contributed by atoms with Crippen molar-refractivity contribution in [3.05, 3.63) is 103 Å². The molecule has 2 aromatic carbocycles. The lowest BCUT2D eigenvalue weighted by Gasteiger charge is -2.13. The molecule has 0 amide bonds. The Bertz CT molecular complexity index is 1660. The monoisotopic (exact) mass is 553 g/mol. The van der Waals surface area contributed by atoms with Crippen molar-refractivity contribution in [2.75, 3.05) is 6.61 Å². The van der Waals surface area contributed by atoms with Crippen molar-refractivity contribution < 1.29 is 18.8 Å². The second kappa shape index (κ2) is 12.0. The highest BCUT2D eigenvalue weighted by Gasteiger charge is 2.17. The lowest BCUT2D eigenvalue weighted by Crippen LogP contribution is -2.50. The van der Waals surface area contributed by atoms with Gasteiger partial charge in [-0.1, -0.05) is 28.9 Å². The zero-order valence-corrected chi connectivity index (χ0v) is 22.7. The van der Waals surface area contributed by atoms with Gasteiger partial charge in [0.05, 0.1) is 31.5 Å². The number of esters is 1. The predicted molar refractivity (Wildman–Crippen MR) is 144 cm³/mol. The Labute approximate surface area is 228 Å². The standard InChI is InChI=1S/C27H28ClN5O6/c1-5-37-24(34)22-13-21(39-31-22)15-33-26(35)30-25(29-20-10-11-23(17(4)12-20)38-16(2)3)32(27(33)36)14-18-6-8-19(28)9-7-18/h6-13,16H,5,14-15H2,1-4H3,(H,29,30,35). The van der Waals surface area contributed by atoms with Crippen LogP contribution in [0.1, 0.15) is 48.1 Å². The number of carbonyl (C=O) groups is 1. The van der Waals surface area contributed by atoms with Crippen molar-refractivity contribution >= 4 is 23.3 Å². The number of nitrogens with one attached hydrogen (secondary N) is 1. The number of carbonyl (C=O) groups excluding carboxylic acids is 1. The van der Waals surface area contributed by atoms with E-state index in [4.69, 9.17) is 25.6 Å². The Balaban J connectivity index is 1.79. The van der Waals surface area contributed by atoms with E-state index < -0.39 is 17.3 Å². The number of rotatable bonds is 9. The first-order chi connectivity index (χ1) is 18.6. The van der Waals surface area contributed by atoms with Gasteiger partial charge in [0.2, 0.25) is 5.62 Å². The molecule has 0 aliphatic carbocycles. The van der Waals surface area contributed by atoms with E-state index in [0.717, 1.165) is 21.4 Å². The number of ether oxygens (including phenoxy) is 2. The fourth-order valence-electron chi connectivity index (χ4n) is 3.75. The van der Waals surface area contributed by atoms with Crippen LogP contribution in [0.15, 0.2) is 67.6 Å². The van der Waals surface area contributed by atoms with Gasteiger partial charge in [0.15, 0.2) is 11.5 Å². The number of hydrogen-bond donors (Lipinski definition) is 1. The Morgan fingerprint density at radius 1 is 1.10 bits per heavy atom. The van der Waals surface area contributed by atoms with Crippen LogP contribution in [0.5, 0.6) is 5.75 Å². The summed E-state index contributed by atoms with van der Waals surface area (Å²) in [5.41, 5.74) is 0.783. The molecule has 0 unspecified atom stereocenters. The number of nitrogens with zero attached hydrogens (tertiary/aromatic N) is 4. The van der Waals surface area contributed by atoms with Gasteiger partial charge in [-0.3, -0.25) is 9.55 Å². The highest BCUT2D eigenvalue weighted by molar-refractivity contribution is 6.30. The van der Waals surface area contributed by atoms with E-state index in [9.17, 15) is 14.4 Å². The molecule has 0 saturated heterocycles. The molecule has 0 aliphatic heterocycles. The molecule has 4 aromatic rings. The summed E-state index contributed by atoms with van der Waals surface area (Å²) in [7, 11) is 0. The van der Waals surface area contributed by atoms with Gasteiger partial charge in [-0.25, -0.2) is 23.9 Å². The third kappa shape index (κ3) is 6.74. The fraction of sp³-hybridized carbons (Fsp3) is 0.296. The van der Waals surface area contributed by atoms with Gasteiger partial charge < -0.3 is 14.0 Å². The number of aromatic amines is 1. The van der Waals surface area contributed by atoms with Gasteiger partial charge in [0, 0.05) is 11.1 Å². The summed E-state index contributed by atoms with van der Waals surface area (Å²) in [6, 6.07) is 13.6. The third-order valence-corrected chi connectivity index (χ3v) is 5.80. The van der Waals surface area contributed by atoms with Crippen molar-refractivity contribution in [2.24, 2.45) is 4.99 Å². The van der Waals surface area contributed by atoms with Crippen molar-refractivity contribution in [3.8, 4) is 5.75 Å². The van der Waals surface area contributed by atoms with Crippen molar-refractivity contribution in [1.29, 1.82) is 0 Å². The Hall–Kier alpha value is -4.38. The molecule has 39 heavy (non-hydrogen) atoms. The molecule has 0 spiro atoms. The first-order valence-electron chi connectivity index (χ1n) is 12.3. The topological polar surface area (TPSA) is 134 Å². The van der Waals surface area contributed by atoms with Crippen LogP contribution in [0, 0.1) is 6.92 Å². The van der Waals surface area contributed by atoms with Crippen LogP contribution in [-0.2, 0) is 17.8 Å². The molecular formula is C27H28ClN5O6. The van der Waals surface area contributed by atoms with Gasteiger partial charge in [-0.15, -0.1) is 0 Å². The maximum Gasteiger partial charge on any atom is 0.360 e. The second-order valence-corrected chi connectivity index (χ2v) is 9.40. The number of benzene rings is 2. The Kier molecular flexibility index (Phi) is 8.50. The number of aryl methyl sites for hydroxylation is 1. The number of H-pyrrole nitrogens is 1. The first kappa shape index (κ1) is 27.6. The minimum Gasteiger partial charge on any atom is -0.491 e. The molecule has 2 aromatic heterocycles. The van der Waals surface area contributed by atoms with Crippen LogP contribution in [-0.4, -0.2) is 38.0 Å². The van der Waals surface area contributed by atoms with E-state index in [-0.39, 0.29) is 42.9 Å². The van der Waals surface area contributed by atoms with Gasteiger partial charge in [-0.2, -0.15) is 0 Å². The normalized spacial score (nSPS) is 11.7. The van der Waals surface area contributed by atoms with Gasteiger partial charge in [0.25, 0.3) is 0 Å². The summed E-state index contributed by atoms with van der Waals surface area (Å²) >= 11 is 6.03. The van der Waals surface area contributed by atoms with Gasteiger partial charge in [-0.05, 0) is 69.2 Å². The summed E-state index contributed by atoms with van der Waals surface area (Å²) in [6.07, 6.45) is 0.00898. The van der Waals surface area contributed by atoms with Crippen LogP contribution in [0.2, 0.25) is 5.02 Å². The largest absolute Gasteiger partial charge is 0.491 e. The zero-order valence-electron chi connectivity index (χ0n) is 21.9. The predicted octanol–water partition coefficient (Wildman–Crippen LogP) is 3.58. The molecule has 0 fully saturated rings. The molecule has 11 nitrogen and oxygen atoms in total. The highest BCUT2D eigenvalue weighted by Crippen LogP contribution is 2.24. The van der Waals surface area contributed by atoms with E-state index in [0.29, 0.717) is 10.7 Å². The van der Waals surface area contributed by atoms with Crippen LogP contribution in [0.3, 0.4) is 0 Å². The summed E-state index contributed by atoms with van der Waals surface area (Å²) in [4.78, 5) is 45.8. The average Bonchev–Trinajstić information content (AvgIpc) is 3.36. The molecule has 0 bridgehead atoms. The lowest BCUT2D eigenvalue weighted by atomic mass is 10.2. The quantitative estimate of drug-likeness (QED) is 0.313. The number of aromatic nitrogens is 4. The molecule has 1 N–H and O–H groups in total. The van der Waals surface area contributed by atoms with Crippen LogP contribution in [0.4, 0.5) is 5.69 Å². The smallest absolute Gasteiger partial charge is 0.360 e. The van der Waals surface area contributed by atoms with Crippen LogP contribution < -0.4 is 21.7 Å². The summed E-state index contributed by atoms with van der Waals surface area (Å²) < 4.78 is 18.1. The Morgan fingerprint density at radius 2 is 1.85 bits per heavy atom. The van der Waals surface area contributed by atoms with E-state index >= 15 is 0 Å². The maximum atomic E-state index is 13.6. The van der Waals surface area contributed by atoms with Gasteiger partial charge in [0.1, 0.15) is 5.75 Å². The van der Waals surface area contributed by atoms with E-state index in [2.05, 4.69) is 15.1 Å². The fourth-order valence-corrected chi connectivity index (χ4v) is 3.88. The van der Waals surface area contributed by atoms with Crippen LogP contribution in [0.25, 0.3) is 0 Å². The molecule has 0 saturated carbocycles. The minimum absolute atomic E-state index is 0.00898.